The van der Waals surface area contributed by atoms with Crippen LogP contribution < -0.4 is 9.47 Å². The van der Waals surface area contributed by atoms with Gasteiger partial charge in [0.15, 0.2) is 13.2 Å². The predicted molar refractivity (Wildman–Crippen MR) is 102 cm³/mol. The number of carbonyl (C=O) groups is 4. The van der Waals surface area contributed by atoms with Gasteiger partial charge in [-0.15, -0.1) is 0 Å². The first kappa shape index (κ1) is 20.5. The van der Waals surface area contributed by atoms with E-state index in [1.807, 2.05) is 0 Å². The third-order valence-corrected chi connectivity index (χ3v) is 4.21. The Bertz CT molecular complexity index is 958. The first-order valence-corrected chi connectivity index (χ1v) is 8.97. The normalized spacial score (nSPS) is 16.1. The summed E-state index contributed by atoms with van der Waals surface area (Å²) in [7, 11) is 0. The smallest absolute Gasteiger partial charge is 0.287 e. The lowest BCUT2D eigenvalue weighted by atomic mass is 10.3. The topological polar surface area (TPSA) is 118 Å². The molecule has 2 aliphatic rings. The molecule has 3 rings (SSSR count). The van der Waals surface area contributed by atoms with E-state index in [0.717, 1.165) is 10.0 Å². The summed E-state index contributed by atoms with van der Waals surface area (Å²) in [5, 5.41) is 9.40. The summed E-state index contributed by atoms with van der Waals surface area (Å²) in [6.07, 6.45) is 0.210. The van der Waals surface area contributed by atoms with Crippen molar-refractivity contribution in [2.75, 3.05) is 13.2 Å². The average molecular weight is 421 g/mol. The van der Waals surface area contributed by atoms with E-state index >= 15 is 0 Å². The van der Waals surface area contributed by atoms with Crippen molar-refractivity contribution in [3.63, 3.8) is 0 Å². The number of carbonyl (C=O) groups excluding carboxylic acids is 4. The summed E-state index contributed by atoms with van der Waals surface area (Å²) in [6.45, 7) is 2.49. The molecule has 152 valence electrons. The fourth-order valence-electron chi connectivity index (χ4n) is 2.60. The standard InChI is InChI=1S/C18H17ClN4O6/c1-10-5-15(24)22(20-10)17(26)8-28-12-3-4-14(13(19)7-12)29-9-18(27)23-16(25)6-11(2)21-23/h3-4,7H,5-6,8-9H2,1-2H3. The van der Waals surface area contributed by atoms with Gasteiger partial charge in [-0.1, -0.05) is 11.6 Å². The lowest BCUT2D eigenvalue weighted by molar-refractivity contribution is -0.145. The zero-order chi connectivity index (χ0) is 21.1. The molecule has 4 amide bonds. The Labute approximate surface area is 170 Å². The van der Waals surface area contributed by atoms with Crippen LogP contribution in [0.25, 0.3) is 0 Å². The van der Waals surface area contributed by atoms with Crippen molar-refractivity contribution >= 4 is 46.7 Å². The van der Waals surface area contributed by atoms with Gasteiger partial charge in [0.1, 0.15) is 11.5 Å². The third-order valence-electron chi connectivity index (χ3n) is 3.92. The molecule has 0 radical (unpaired) electrons. The maximum absolute atomic E-state index is 12.0. The predicted octanol–water partition coefficient (Wildman–Crippen LogP) is 1.37. The second kappa shape index (κ2) is 8.39. The summed E-state index contributed by atoms with van der Waals surface area (Å²) in [6, 6.07) is 4.35. The largest absolute Gasteiger partial charge is 0.484 e. The van der Waals surface area contributed by atoms with Gasteiger partial charge in [-0.3, -0.25) is 19.2 Å². The number of benzene rings is 1. The van der Waals surface area contributed by atoms with Crippen LogP contribution in [0.4, 0.5) is 0 Å². The van der Waals surface area contributed by atoms with Crippen molar-refractivity contribution in [2.45, 2.75) is 26.7 Å². The molecule has 10 nitrogen and oxygen atoms in total. The Morgan fingerprint density at radius 3 is 1.93 bits per heavy atom. The lowest BCUT2D eigenvalue weighted by Gasteiger charge is -2.13. The van der Waals surface area contributed by atoms with Crippen molar-refractivity contribution < 1.29 is 28.7 Å². The summed E-state index contributed by atoms with van der Waals surface area (Å²) >= 11 is 6.11. The molecule has 0 spiro atoms. The molecule has 2 aliphatic heterocycles. The molecule has 0 fully saturated rings. The number of hydrogen-bond donors (Lipinski definition) is 0. The van der Waals surface area contributed by atoms with E-state index in [4.69, 9.17) is 21.1 Å². The number of hydrazone groups is 2. The van der Waals surface area contributed by atoms with E-state index in [9.17, 15) is 19.2 Å². The van der Waals surface area contributed by atoms with Gasteiger partial charge in [-0.25, -0.2) is 0 Å². The fraction of sp³-hybridized carbons (Fsp3) is 0.333. The van der Waals surface area contributed by atoms with E-state index in [1.165, 1.54) is 18.2 Å². The van der Waals surface area contributed by atoms with Gasteiger partial charge >= 0.3 is 0 Å². The highest BCUT2D eigenvalue weighted by Gasteiger charge is 2.28. The SMILES string of the molecule is CC1=NN(C(=O)COc2ccc(OCC(=O)N3N=C(C)CC3=O)c(Cl)c2)C(=O)C1. The van der Waals surface area contributed by atoms with Crippen LogP contribution in [0.2, 0.25) is 5.02 Å². The van der Waals surface area contributed by atoms with Crippen molar-refractivity contribution in [2.24, 2.45) is 10.2 Å². The Morgan fingerprint density at radius 1 is 0.966 bits per heavy atom. The van der Waals surface area contributed by atoms with Gasteiger partial charge in [-0.2, -0.15) is 20.2 Å². The van der Waals surface area contributed by atoms with Crippen molar-refractivity contribution in [3.8, 4) is 11.5 Å². The minimum absolute atomic E-state index is 0.102. The molecule has 0 saturated heterocycles. The number of nitrogens with zero attached hydrogens (tertiary/aromatic N) is 4. The molecular weight excluding hydrogens is 404 g/mol. The number of ether oxygens (including phenoxy) is 2. The first-order chi connectivity index (χ1) is 13.7. The van der Waals surface area contributed by atoms with Crippen molar-refractivity contribution in [1.82, 2.24) is 10.0 Å². The summed E-state index contributed by atoms with van der Waals surface area (Å²) in [5.74, 6) is -1.56. The number of imide groups is 2. The molecule has 29 heavy (non-hydrogen) atoms. The maximum Gasteiger partial charge on any atom is 0.287 e. The van der Waals surface area contributed by atoms with Crippen LogP contribution >= 0.6 is 11.6 Å². The third kappa shape index (κ3) is 4.77. The van der Waals surface area contributed by atoms with Crippen LogP contribution in [0.15, 0.2) is 28.4 Å². The Morgan fingerprint density at radius 2 is 1.48 bits per heavy atom. The van der Waals surface area contributed by atoms with Gasteiger partial charge in [-0.05, 0) is 26.0 Å². The van der Waals surface area contributed by atoms with Crippen LogP contribution in [0.5, 0.6) is 11.5 Å². The second-order valence-electron chi connectivity index (χ2n) is 6.39. The molecule has 0 bridgehead atoms. The van der Waals surface area contributed by atoms with Crippen LogP contribution in [0, 0.1) is 0 Å². The minimum atomic E-state index is -0.611. The Kier molecular flexibility index (Phi) is 5.92. The molecule has 0 atom stereocenters. The molecule has 2 heterocycles. The summed E-state index contributed by atoms with van der Waals surface area (Å²) in [4.78, 5) is 47.3. The highest BCUT2D eigenvalue weighted by atomic mass is 35.5. The van der Waals surface area contributed by atoms with E-state index < -0.39 is 36.8 Å². The number of rotatable bonds is 6. The minimum Gasteiger partial charge on any atom is -0.484 e. The quantitative estimate of drug-likeness (QED) is 0.685. The molecule has 0 aliphatic carbocycles. The molecule has 0 N–H and O–H groups in total. The molecule has 11 heteroatoms. The van der Waals surface area contributed by atoms with Crippen molar-refractivity contribution in [3.05, 3.63) is 23.2 Å². The van der Waals surface area contributed by atoms with E-state index in [0.29, 0.717) is 11.4 Å². The number of amides is 4. The highest BCUT2D eigenvalue weighted by molar-refractivity contribution is 6.32. The molecular formula is C18H17ClN4O6. The Balaban J connectivity index is 1.53. The highest BCUT2D eigenvalue weighted by Crippen LogP contribution is 2.29. The molecule has 0 unspecified atom stereocenters. The lowest BCUT2D eigenvalue weighted by Crippen LogP contribution is -2.32. The second-order valence-corrected chi connectivity index (χ2v) is 6.80. The molecule has 1 aromatic carbocycles. The zero-order valence-corrected chi connectivity index (χ0v) is 16.4. The molecule has 0 saturated carbocycles. The van der Waals surface area contributed by atoms with E-state index in [2.05, 4.69) is 10.2 Å². The molecule has 1 aromatic rings. The van der Waals surface area contributed by atoms with Crippen LogP contribution in [0.3, 0.4) is 0 Å². The summed E-state index contributed by atoms with van der Waals surface area (Å²) in [5.41, 5.74) is 1.10. The van der Waals surface area contributed by atoms with Gasteiger partial charge < -0.3 is 9.47 Å². The monoisotopic (exact) mass is 420 g/mol. The number of halogens is 1. The van der Waals surface area contributed by atoms with E-state index in [1.54, 1.807) is 13.8 Å². The number of hydrogen-bond acceptors (Lipinski definition) is 8. The van der Waals surface area contributed by atoms with Gasteiger partial charge in [0.25, 0.3) is 23.6 Å². The van der Waals surface area contributed by atoms with Crippen LogP contribution in [-0.2, 0) is 19.2 Å². The van der Waals surface area contributed by atoms with Gasteiger partial charge in [0, 0.05) is 17.5 Å². The summed E-state index contributed by atoms with van der Waals surface area (Å²) < 4.78 is 10.7. The first-order valence-electron chi connectivity index (χ1n) is 8.59. The zero-order valence-electron chi connectivity index (χ0n) is 15.7. The van der Waals surface area contributed by atoms with Gasteiger partial charge in [0.05, 0.1) is 17.9 Å². The Hall–Kier alpha value is -3.27. The van der Waals surface area contributed by atoms with E-state index in [-0.39, 0.29) is 29.4 Å². The van der Waals surface area contributed by atoms with Gasteiger partial charge in [0.2, 0.25) is 0 Å². The molecule has 0 aromatic heterocycles. The van der Waals surface area contributed by atoms with Crippen LogP contribution in [-0.4, -0.2) is 58.3 Å². The average Bonchev–Trinajstić information content (AvgIpc) is 3.18. The maximum atomic E-state index is 12.0. The van der Waals surface area contributed by atoms with Crippen LogP contribution in [0.1, 0.15) is 26.7 Å². The fourth-order valence-corrected chi connectivity index (χ4v) is 2.82. The van der Waals surface area contributed by atoms with Crippen molar-refractivity contribution in [1.29, 1.82) is 0 Å².